The predicted molar refractivity (Wildman–Crippen MR) is 120 cm³/mol. The maximum Gasteiger partial charge on any atom is 0.254 e. The van der Waals surface area contributed by atoms with Crippen LogP contribution in [0.15, 0.2) is 48.5 Å². The van der Waals surface area contributed by atoms with E-state index in [9.17, 15) is 14.0 Å². The maximum atomic E-state index is 14.4. The average Bonchev–Trinajstić information content (AvgIpc) is 3.44. The lowest BCUT2D eigenvalue weighted by atomic mass is 9.95. The molecule has 0 heterocycles. The van der Waals surface area contributed by atoms with Gasteiger partial charge in [0.1, 0.15) is 5.82 Å². The van der Waals surface area contributed by atoms with Crippen LogP contribution in [0.4, 0.5) is 4.39 Å². The fraction of sp³-hybridized carbons (Fsp3) is 0.440. The quantitative estimate of drug-likeness (QED) is 0.649. The van der Waals surface area contributed by atoms with Crippen LogP contribution in [0.2, 0.25) is 0 Å². The molecule has 0 radical (unpaired) electrons. The Morgan fingerprint density at radius 1 is 1.16 bits per heavy atom. The topological polar surface area (TPSA) is 61.4 Å². The SMILES string of the molecule is CCNC(=O)c1ccc(CC(CNC(=O)[C@@H]2C[C@@]2(C)c2ccccc2)N(C)C)cc1F. The molecule has 1 saturated carbocycles. The lowest BCUT2D eigenvalue weighted by molar-refractivity contribution is -0.122. The molecule has 2 aromatic rings. The summed E-state index contributed by atoms with van der Waals surface area (Å²) in [4.78, 5) is 26.7. The smallest absolute Gasteiger partial charge is 0.254 e. The molecule has 3 atom stereocenters. The van der Waals surface area contributed by atoms with Gasteiger partial charge in [0.05, 0.1) is 5.56 Å². The summed E-state index contributed by atoms with van der Waals surface area (Å²) in [5.41, 5.74) is 1.94. The summed E-state index contributed by atoms with van der Waals surface area (Å²) < 4.78 is 14.4. The molecule has 0 aliphatic heterocycles. The lowest BCUT2D eigenvalue weighted by Gasteiger charge is -2.25. The summed E-state index contributed by atoms with van der Waals surface area (Å²) in [7, 11) is 3.89. The Labute approximate surface area is 184 Å². The number of hydrogen-bond donors (Lipinski definition) is 2. The summed E-state index contributed by atoms with van der Waals surface area (Å²) in [6, 6.07) is 14.9. The van der Waals surface area contributed by atoms with E-state index in [-0.39, 0.29) is 28.8 Å². The molecule has 1 unspecified atom stereocenters. The van der Waals surface area contributed by atoms with E-state index in [0.717, 1.165) is 12.0 Å². The zero-order valence-electron chi connectivity index (χ0n) is 18.7. The average molecular weight is 426 g/mol. The minimum Gasteiger partial charge on any atom is -0.354 e. The first-order chi connectivity index (χ1) is 14.8. The Hall–Kier alpha value is -2.73. The zero-order chi connectivity index (χ0) is 22.6. The number of likely N-dealkylation sites (N-methyl/N-ethyl adjacent to an activating group) is 1. The number of rotatable bonds is 9. The van der Waals surface area contributed by atoms with Crippen LogP contribution in [0.5, 0.6) is 0 Å². The van der Waals surface area contributed by atoms with Gasteiger partial charge in [0.15, 0.2) is 0 Å². The molecule has 6 heteroatoms. The fourth-order valence-corrected chi connectivity index (χ4v) is 4.06. The largest absolute Gasteiger partial charge is 0.354 e. The molecular formula is C25H32FN3O2. The Balaban J connectivity index is 1.59. The van der Waals surface area contributed by atoms with E-state index in [1.54, 1.807) is 13.0 Å². The Kier molecular flexibility index (Phi) is 7.11. The second kappa shape index (κ2) is 9.60. The normalized spacial score (nSPS) is 20.9. The molecule has 1 aliphatic rings. The molecule has 0 saturated heterocycles. The first kappa shape index (κ1) is 22.9. The van der Waals surface area contributed by atoms with Gasteiger partial charge in [-0.3, -0.25) is 9.59 Å². The van der Waals surface area contributed by atoms with Crippen LogP contribution in [0.3, 0.4) is 0 Å². The molecule has 0 aromatic heterocycles. The number of carbonyl (C=O) groups excluding carboxylic acids is 2. The molecule has 1 aliphatic carbocycles. The van der Waals surface area contributed by atoms with Crippen LogP contribution in [0, 0.1) is 11.7 Å². The lowest BCUT2D eigenvalue weighted by Crippen LogP contribution is -2.42. The summed E-state index contributed by atoms with van der Waals surface area (Å²) in [6.07, 6.45) is 1.42. The fourth-order valence-electron chi connectivity index (χ4n) is 4.06. The van der Waals surface area contributed by atoms with Crippen molar-refractivity contribution in [2.45, 2.75) is 38.1 Å². The van der Waals surface area contributed by atoms with Crippen molar-refractivity contribution in [3.8, 4) is 0 Å². The zero-order valence-corrected chi connectivity index (χ0v) is 18.7. The highest BCUT2D eigenvalue weighted by molar-refractivity contribution is 5.94. The highest BCUT2D eigenvalue weighted by atomic mass is 19.1. The van der Waals surface area contributed by atoms with Gasteiger partial charge < -0.3 is 15.5 Å². The van der Waals surface area contributed by atoms with Crippen molar-refractivity contribution in [2.24, 2.45) is 5.92 Å². The van der Waals surface area contributed by atoms with Crippen LogP contribution in [-0.2, 0) is 16.6 Å². The number of halogens is 1. The van der Waals surface area contributed by atoms with Gasteiger partial charge in [0.25, 0.3) is 5.91 Å². The molecular weight excluding hydrogens is 393 g/mol. The molecule has 2 amide bonds. The molecule has 166 valence electrons. The molecule has 3 rings (SSSR count). The Morgan fingerprint density at radius 2 is 1.87 bits per heavy atom. The first-order valence-electron chi connectivity index (χ1n) is 10.8. The Bertz CT molecular complexity index is 932. The minimum absolute atomic E-state index is 0.0143. The van der Waals surface area contributed by atoms with Crippen molar-refractivity contribution in [1.82, 2.24) is 15.5 Å². The third kappa shape index (κ3) is 5.31. The third-order valence-electron chi connectivity index (χ3n) is 6.32. The molecule has 0 bridgehead atoms. The standard InChI is InChI=1S/C25H32FN3O2/c1-5-27-23(30)20-12-11-17(14-22(20)26)13-19(29(3)4)16-28-24(31)21-15-25(21,2)18-9-7-6-8-10-18/h6-12,14,19,21H,5,13,15-16H2,1-4H3,(H,27,30)(H,28,31)/t19?,21-,25-/m0/s1. The van der Waals surface area contributed by atoms with Crippen LogP contribution in [0.1, 0.15) is 41.8 Å². The third-order valence-corrected chi connectivity index (χ3v) is 6.32. The number of amides is 2. The maximum absolute atomic E-state index is 14.4. The van der Waals surface area contributed by atoms with E-state index in [2.05, 4.69) is 29.7 Å². The van der Waals surface area contributed by atoms with E-state index in [4.69, 9.17) is 0 Å². The van der Waals surface area contributed by atoms with Crippen molar-refractivity contribution in [2.75, 3.05) is 27.2 Å². The molecule has 2 aromatic carbocycles. The van der Waals surface area contributed by atoms with Crippen molar-refractivity contribution >= 4 is 11.8 Å². The summed E-state index contributed by atoms with van der Waals surface area (Å²) >= 11 is 0. The van der Waals surface area contributed by atoms with E-state index < -0.39 is 11.7 Å². The minimum atomic E-state index is -0.526. The van der Waals surface area contributed by atoms with E-state index in [1.807, 2.05) is 37.2 Å². The monoisotopic (exact) mass is 425 g/mol. The molecule has 31 heavy (non-hydrogen) atoms. The molecule has 5 nitrogen and oxygen atoms in total. The number of nitrogens with zero attached hydrogens (tertiary/aromatic N) is 1. The second-order valence-electron chi connectivity index (χ2n) is 8.78. The van der Waals surface area contributed by atoms with Gasteiger partial charge in [-0.05, 0) is 57.1 Å². The van der Waals surface area contributed by atoms with Crippen molar-refractivity contribution < 1.29 is 14.0 Å². The van der Waals surface area contributed by atoms with E-state index >= 15 is 0 Å². The molecule has 0 spiro atoms. The van der Waals surface area contributed by atoms with Crippen molar-refractivity contribution in [3.05, 3.63) is 71.0 Å². The number of nitrogens with one attached hydrogen (secondary N) is 2. The van der Waals surface area contributed by atoms with Gasteiger partial charge in [-0.1, -0.05) is 43.3 Å². The van der Waals surface area contributed by atoms with E-state index in [0.29, 0.717) is 19.5 Å². The van der Waals surface area contributed by atoms with Crippen LogP contribution < -0.4 is 10.6 Å². The van der Waals surface area contributed by atoms with Gasteiger partial charge in [0.2, 0.25) is 5.91 Å². The Morgan fingerprint density at radius 3 is 2.48 bits per heavy atom. The molecule has 2 N–H and O–H groups in total. The predicted octanol–water partition coefficient (Wildman–Crippen LogP) is 3.14. The second-order valence-corrected chi connectivity index (χ2v) is 8.78. The summed E-state index contributed by atoms with van der Waals surface area (Å²) in [6.45, 7) is 4.86. The van der Waals surface area contributed by atoms with Crippen LogP contribution >= 0.6 is 0 Å². The number of hydrogen-bond acceptors (Lipinski definition) is 3. The molecule has 1 fully saturated rings. The highest BCUT2D eigenvalue weighted by Gasteiger charge is 2.55. The van der Waals surface area contributed by atoms with Crippen molar-refractivity contribution in [1.29, 1.82) is 0 Å². The van der Waals surface area contributed by atoms with Gasteiger partial charge in [-0.2, -0.15) is 0 Å². The highest BCUT2D eigenvalue weighted by Crippen LogP contribution is 2.53. The van der Waals surface area contributed by atoms with Crippen molar-refractivity contribution in [3.63, 3.8) is 0 Å². The van der Waals surface area contributed by atoms with Crippen LogP contribution in [0.25, 0.3) is 0 Å². The summed E-state index contributed by atoms with van der Waals surface area (Å²) in [5, 5.41) is 5.71. The summed E-state index contributed by atoms with van der Waals surface area (Å²) in [5.74, 6) is -0.891. The van der Waals surface area contributed by atoms with E-state index in [1.165, 1.54) is 17.7 Å². The first-order valence-corrected chi connectivity index (χ1v) is 10.8. The van der Waals surface area contributed by atoms with Crippen LogP contribution in [-0.4, -0.2) is 49.9 Å². The number of benzene rings is 2. The van der Waals surface area contributed by atoms with Gasteiger partial charge >= 0.3 is 0 Å². The van der Waals surface area contributed by atoms with Gasteiger partial charge in [-0.15, -0.1) is 0 Å². The number of carbonyl (C=O) groups is 2. The van der Waals surface area contributed by atoms with Gasteiger partial charge in [0, 0.05) is 30.5 Å². The van der Waals surface area contributed by atoms with Gasteiger partial charge in [-0.25, -0.2) is 4.39 Å².